The third kappa shape index (κ3) is 3.81. The molecular formula is C16H23NO3. The van der Waals surface area contributed by atoms with Crippen LogP contribution in [0, 0.1) is 0 Å². The van der Waals surface area contributed by atoms with Crippen molar-refractivity contribution in [1.82, 2.24) is 5.32 Å². The molecule has 20 heavy (non-hydrogen) atoms. The third-order valence-corrected chi connectivity index (χ3v) is 3.95. The molecule has 1 aromatic carbocycles. The Balaban J connectivity index is 1.93. The zero-order valence-electron chi connectivity index (χ0n) is 12.0. The van der Waals surface area contributed by atoms with Gasteiger partial charge < -0.3 is 15.2 Å². The topological polar surface area (TPSA) is 58.6 Å². The number of ether oxygens (including phenoxy) is 1. The number of hydrogen-bond acceptors (Lipinski definition) is 3. The van der Waals surface area contributed by atoms with Crippen molar-refractivity contribution >= 4 is 5.91 Å². The SMILES string of the molecule is CO[C@@H](C(=O)NCC1(O)CCCCC1)c1ccccc1. The molecule has 0 aliphatic heterocycles. The number of rotatable bonds is 5. The summed E-state index contributed by atoms with van der Waals surface area (Å²) in [7, 11) is 1.52. The number of carbonyl (C=O) groups is 1. The van der Waals surface area contributed by atoms with Crippen molar-refractivity contribution in [2.75, 3.05) is 13.7 Å². The summed E-state index contributed by atoms with van der Waals surface area (Å²) in [5, 5.41) is 13.2. The summed E-state index contributed by atoms with van der Waals surface area (Å²) in [5.74, 6) is -0.197. The summed E-state index contributed by atoms with van der Waals surface area (Å²) in [6, 6.07) is 9.39. The van der Waals surface area contributed by atoms with E-state index in [4.69, 9.17) is 4.74 Å². The standard InChI is InChI=1S/C16H23NO3/c1-20-14(13-8-4-2-5-9-13)15(18)17-12-16(19)10-6-3-7-11-16/h2,4-5,8-9,14,19H,3,6-7,10-12H2,1H3,(H,17,18)/t14-/m1/s1. The molecule has 1 atom stereocenters. The zero-order chi connectivity index (χ0) is 14.4. The quantitative estimate of drug-likeness (QED) is 0.867. The van der Waals surface area contributed by atoms with Gasteiger partial charge in [-0.2, -0.15) is 0 Å². The monoisotopic (exact) mass is 277 g/mol. The highest BCUT2D eigenvalue weighted by Gasteiger charge is 2.30. The van der Waals surface area contributed by atoms with Gasteiger partial charge in [0.1, 0.15) is 0 Å². The molecule has 0 spiro atoms. The summed E-state index contributed by atoms with van der Waals surface area (Å²) in [6.45, 7) is 0.304. The normalized spacial score (nSPS) is 19.3. The van der Waals surface area contributed by atoms with Crippen molar-refractivity contribution < 1.29 is 14.6 Å². The largest absolute Gasteiger partial charge is 0.388 e. The number of nitrogens with one attached hydrogen (secondary N) is 1. The highest BCUT2D eigenvalue weighted by molar-refractivity contribution is 5.82. The Morgan fingerprint density at radius 1 is 1.30 bits per heavy atom. The van der Waals surface area contributed by atoms with Gasteiger partial charge in [-0.3, -0.25) is 4.79 Å². The Morgan fingerprint density at radius 3 is 2.55 bits per heavy atom. The molecule has 2 N–H and O–H groups in total. The number of benzene rings is 1. The summed E-state index contributed by atoms with van der Waals surface area (Å²) in [5.41, 5.74) is 0.0752. The fourth-order valence-electron chi connectivity index (χ4n) is 2.75. The van der Waals surface area contributed by atoms with E-state index in [1.54, 1.807) is 0 Å². The van der Waals surface area contributed by atoms with E-state index < -0.39 is 11.7 Å². The molecule has 0 heterocycles. The number of hydrogen-bond donors (Lipinski definition) is 2. The minimum atomic E-state index is -0.747. The van der Waals surface area contributed by atoms with Crippen molar-refractivity contribution in [2.24, 2.45) is 0 Å². The smallest absolute Gasteiger partial charge is 0.253 e. The molecular weight excluding hydrogens is 254 g/mol. The first-order valence-corrected chi connectivity index (χ1v) is 7.22. The van der Waals surface area contributed by atoms with Gasteiger partial charge in [0.15, 0.2) is 6.10 Å². The molecule has 4 heteroatoms. The highest BCUT2D eigenvalue weighted by atomic mass is 16.5. The van der Waals surface area contributed by atoms with Gasteiger partial charge in [-0.25, -0.2) is 0 Å². The second-order valence-corrected chi connectivity index (χ2v) is 5.53. The summed E-state index contributed by atoms with van der Waals surface area (Å²) in [4.78, 5) is 12.2. The van der Waals surface area contributed by atoms with E-state index >= 15 is 0 Å². The molecule has 2 rings (SSSR count). The number of carbonyl (C=O) groups excluding carboxylic acids is 1. The first kappa shape index (κ1) is 15.0. The fourth-order valence-corrected chi connectivity index (χ4v) is 2.75. The Labute approximate surface area is 120 Å². The van der Waals surface area contributed by atoms with E-state index in [0.29, 0.717) is 6.54 Å². The molecule has 0 aromatic heterocycles. The van der Waals surface area contributed by atoms with Gasteiger partial charge in [0.05, 0.1) is 5.60 Å². The van der Waals surface area contributed by atoms with E-state index in [0.717, 1.165) is 31.2 Å². The lowest BCUT2D eigenvalue weighted by Gasteiger charge is -2.32. The van der Waals surface area contributed by atoms with Crippen molar-refractivity contribution in [3.05, 3.63) is 35.9 Å². The van der Waals surface area contributed by atoms with E-state index in [2.05, 4.69) is 5.32 Å². The maximum Gasteiger partial charge on any atom is 0.253 e. The molecule has 1 aliphatic carbocycles. The van der Waals surface area contributed by atoms with Crippen molar-refractivity contribution in [1.29, 1.82) is 0 Å². The lowest BCUT2D eigenvalue weighted by Crippen LogP contribution is -2.45. The van der Waals surface area contributed by atoms with Crippen molar-refractivity contribution in [3.8, 4) is 0 Å². The second kappa shape index (κ2) is 6.86. The first-order chi connectivity index (χ1) is 9.64. The van der Waals surface area contributed by atoms with E-state index in [-0.39, 0.29) is 5.91 Å². The summed E-state index contributed by atoms with van der Waals surface area (Å²) < 4.78 is 5.28. The molecule has 4 nitrogen and oxygen atoms in total. The molecule has 1 aromatic rings. The van der Waals surface area contributed by atoms with Crippen LogP contribution in [-0.4, -0.2) is 30.3 Å². The van der Waals surface area contributed by atoms with Gasteiger partial charge in [0.2, 0.25) is 0 Å². The molecule has 1 aliphatic rings. The Hall–Kier alpha value is -1.39. The number of aliphatic hydroxyl groups is 1. The van der Waals surface area contributed by atoms with Crippen LogP contribution in [0.15, 0.2) is 30.3 Å². The van der Waals surface area contributed by atoms with Gasteiger partial charge in [0, 0.05) is 13.7 Å². The predicted molar refractivity (Wildman–Crippen MR) is 77.2 cm³/mol. The molecule has 0 bridgehead atoms. The van der Waals surface area contributed by atoms with Crippen LogP contribution in [0.4, 0.5) is 0 Å². The Kier molecular flexibility index (Phi) is 5.15. The van der Waals surface area contributed by atoms with Crippen LogP contribution in [0.1, 0.15) is 43.8 Å². The zero-order valence-corrected chi connectivity index (χ0v) is 12.0. The Morgan fingerprint density at radius 2 is 1.95 bits per heavy atom. The molecule has 1 amide bonds. The van der Waals surface area contributed by atoms with Crippen LogP contribution in [0.5, 0.6) is 0 Å². The van der Waals surface area contributed by atoms with Crippen LogP contribution in [0.3, 0.4) is 0 Å². The van der Waals surface area contributed by atoms with Gasteiger partial charge >= 0.3 is 0 Å². The minimum Gasteiger partial charge on any atom is -0.388 e. The van der Waals surface area contributed by atoms with E-state index in [9.17, 15) is 9.90 Å². The summed E-state index contributed by atoms with van der Waals surface area (Å²) >= 11 is 0. The molecule has 110 valence electrons. The Bertz CT molecular complexity index is 427. The molecule has 1 fully saturated rings. The molecule has 0 saturated heterocycles. The van der Waals surface area contributed by atoms with Crippen LogP contribution in [0.2, 0.25) is 0 Å². The van der Waals surface area contributed by atoms with Crippen molar-refractivity contribution in [2.45, 2.75) is 43.8 Å². The first-order valence-electron chi connectivity index (χ1n) is 7.22. The maximum absolute atomic E-state index is 12.2. The minimum absolute atomic E-state index is 0.197. The van der Waals surface area contributed by atoms with Gasteiger partial charge in [-0.15, -0.1) is 0 Å². The molecule has 1 saturated carbocycles. The van der Waals surface area contributed by atoms with Gasteiger partial charge in [0.25, 0.3) is 5.91 Å². The number of amides is 1. The molecule has 0 unspecified atom stereocenters. The lowest BCUT2D eigenvalue weighted by atomic mass is 9.85. The second-order valence-electron chi connectivity index (χ2n) is 5.53. The van der Waals surface area contributed by atoms with E-state index in [1.807, 2.05) is 30.3 Å². The van der Waals surface area contributed by atoms with Crippen LogP contribution in [-0.2, 0) is 9.53 Å². The predicted octanol–water partition coefficient (Wildman–Crippen LogP) is 2.19. The molecule has 0 radical (unpaired) electrons. The average Bonchev–Trinajstić information content (AvgIpc) is 2.48. The summed E-state index contributed by atoms with van der Waals surface area (Å²) in [6.07, 6.45) is 4.12. The number of methoxy groups -OCH3 is 1. The van der Waals surface area contributed by atoms with Crippen LogP contribution in [0.25, 0.3) is 0 Å². The van der Waals surface area contributed by atoms with Gasteiger partial charge in [-0.1, -0.05) is 49.6 Å². The van der Waals surface area contributed by atoms with Gasteiger partial charge in [-0.05, 0) is 18.4 Å². The average molecular weight is 277 g/mol. The fraction of sp³-hybridized carbons (Fsp3) is 0.562. The maximum atomic E-state index is 12.2. The highest BCUT2D eigenvalue weighted by Crippen LogP contribution is 2.27. The van der Waals surface area contributed by atoms with Crippen molar-refractivity contribution in [3.63, 3.8) is 0 Å². The lowest BCUT2D eigenvalue weighted by molar-refractivity contribution is -0.133. The third-order valence-electron chi connectivity index (χ3n) is 3.95. The van der Waals surface area contributed by atoms with Crippen LogP contribution < -0.4 is 5.32 Å². The van der Waals surface area contributed by atoms with E-state index in [1.165, 1.54) is 13.5 Å². The van der Waals surface area contributed by atoms with Crippen LogP contribution >= 0.6 is 0 Å².